The molecule has 0 aliphatic rings. The molecule has 1 aromatic carbocycles. The molecule has 2 nitrogen and oxygen atoms in total. The third-order valence-corrected chi connectivity index (χ3v) is 2.33. The number of aryl methyl sites for hydroxylation is 2. The van der Waals surface area contributed by atoms with Gasteiger partial charge in [-0.1, -0.05) is 36.8 Å². The molecule has 14 heavy (non-hydrogen) atoms. The molecule has 0 radical (unpaired) electrons. The van der Waals surface area contributed by atoms with Gasteiger partial charge < -0.3 is 4.98 Å². The Balaban J connectivity index is 2.34. The Morgan fingerprint density at radius 2 is 1.93 bits per heavy atom. The molecule has 0 saturated carbocycles. The van der Waals surface area contributed by atoms with Crippen LogP contribution in [0.15, 0.2) is 30.5 Å². The minimum Gasteiger partial charge on any atom is -0.342 e. The van der Waals surface area contributed by atoms with E-state index in [-0.39, 0.29) is 0 Å². The van der Waals surface area contributed by atoms with Gasteiger partial charge in [-0.2, -0.15) is 0 Å². The van der Waals surface area contributed by atoms with Crippen molar-refractivity contribution in [3.05, 3.63) is 41.7 Å². The maximum absolute atomic E-state index is 4.33. The minimum absolute atomic E-state index is 0.960. The first-order chi connectivity index (χ1) is 6.79. The molecule has 0 aliphatic carbocycles. The number of H-pyrrole nitrogens is 1. The average Bonchev–Trinajstić information content (AvgIpc) is 2.67. The van der Waals surface area contributed by atoms with Crippen LogP contribution in [0.1, 0.15) is 18.2 Å². The molecule has 0 bridgehead atoms. The molecule has 0 spiro atoms. The highest BCUT2D eigenvalue weighted by atomic mass is 14.9. The van der Waals surface area contributed by atoms with E-state index in [0.29, 0.717) is 0 Å². The molecule has 0 saturated heterocycles. The zero-order valence-electron chi connectivity index (χ0n) is 8.54. The number of aromatic amines is 1. The molecule has 0 amide bonds. The predicted octanol–water partition coefficient (Wildman–Crippen LogP) is 2.95. The molecule has 72 valence electrons. The lowest BCUT2D eigenvalue weighted by molar-refractivity contribution is 1.07. The number of rotatable bonds is 2. The third kappa shape index (κ3) is 1.69. The number of nitrogens with zero attached hydrogens (tertiary/aromatic N) is 1. The Hall–Kier alpha value is -1.57. The van der Waals surface area contributed by atoms with Crippen LogP contribution in [0, 0.1) is 6.92 Å². The van der Waals surface area contributed by atoms with Gasteiger partial charge in [0, 0.05) is 17.5 Å². The van der Waals surface area contributed by atoms with Crippen molar-refractivity contribution < 1.29 is 0 Å². The zero-order chi connectivity index (χ0) is 9.97. The summed E-state index contributed by atoms with van der Waals surface area (Å²) >= 11 is 0. The molecular formula is C12H14N2. The van der Waals surface area contributed by atoms with Crippen LogP contribution in [-0.4, -0.2) is 9.97 Å². The first-order valence-electron chi connectivity index (χ1n) is 4.90. The predicted molar refractivity (Wildman–Crippen MR) is 58.1 cm³/mol. The Labute approximate surface area is 84.0 Å². The van der Waals surface area contributed by atoms with Crippen molar-refractivity contribution in [2.24, 2.45) is 0 Å². The van der Waals surface area contributed by atoms with Gasteiger partial charge in [0.2, 0.25) is 0 Å². The van der Waals surface area contributed by atoms with Crippen molar-refractivity contribution in [3.63, 3.8) is 0 Å². The summed E-state index contributed by atoms with van der Waals surface area (Å²) in [4.78, 5) is 7.62. The smallest absolute Gasteiger partial charge is 0.137 e. The second-order valence-electron chi connectivity index (χ2n) is 3.48. The van der Waals surface area contributed by atoms with Gasteiger partial charge in [-0.15, -0.1) is 0 Å². The van der Waals surface area contributed by atoms with E-state index in [2.05, 4.69) is 48.1 Å². The average molecular weight is 186 g/mol. The molecule has 0 aliphatic heterocycles. The van der Waals surface area contributed by atoms with Gasteiger partial charge in [-0.05, 0) is 13.3 Å². The van der Waals surface area contributed by atoms with E-state index in [0.717, 1.165) is 17.8 Å². The normalized spacial score (nSPS) is 10.4. The van der Waals surface area contributed by atoms with Crippen LogP contribution in [0.2, 0.25) is 0 Å². The Kier molecular flexibility index (Phi) is 2.35. The van der Waals surface area contributed by atoms with Crippen molar-refractivity contribution in [2.75, 3.05) is 0 Å². The molecule has 2 rings (SSSR count). The lowest BCUT2D eigenvalue weighted by atomic mass is 10.1. The summed E-state index contributed by atoms with van der Waals surface area (Å²) in [5.41, 5.74) is 3.60. The van der Waals surface area contributed by atoms with Gasteiger partial charge in [0.15, 0.2) is 0 Å². The van der Waals surface area contributed by atoms with Crippen molar-refractivity contribution in [1.82, 2.24) is 9.97 Å². The molecular weight excluding hydrogens is 172 g/mol. The standard InChI is InChI=1S/C12H14N2/c1-3-11-8-13-12(14-11)10-6-4-9(2)5-7-10/h4-8H,3H2,1-2H3,(H,13,14). The fraction of sp³-hybridized carbons (Fsp3) is 0.250. The fourth-order valence-corrected chi connectivity index (χ4v) is 1.40. The van der Waals surface area contributed by atoms with Crippen molar-refractivity contribution in [2.45, 2.75) is 20.3 Å². The first-order valence-corrected chi connectivity index (χ1v) is 4.90. The molecule has 1 heterocycles. The summed E-state index contributed by atoms with van der Waals surface area (Å²) in [5.74, 6) is 0.960. The van der Waals surface area contributed by atoms with E-state index in [4.69, 9.17) is 0 Å². The fourth-order valence-electron chi connectivity index (χ4n) is 1.40. The number of hydrogen-bond acceptors (Lipinski definition) is 1. The number of aromatic nitrogens is 2. The molecule has 1 aromatic heterocycles. The highest BCUT2D eigenvalue weighted by Crippen LogP contribution is 2.16. The molecule has 1 N–H and O–H groups in total. The molecule has 2 heteroatoms. The van der Waals surface area contributed by atoms with E-state index in [1.54, 1.807) is 0 Å². The largest absolute Gasteiger partial charge is 0.342 e. The van der Waals surface area contributed by atoms with Crippen LogP contribution in [0.3, 0.4) is 0 Å². The second-order valence-corrected chi connectivity index (χ2v) is 3.48. The lowest BCUT2D eigenvalue weighted by Crippen LogP contribution is -1.82. The zero-order valence-corrected chi connectivity index (χ0v) is 8.54. The second kappa shape index (κ2) is 3.66. The molecule has 0 atom stereocenters. The third-order valence-electron chi connectivity index (χ3n) is 2.33. The monoisotopic (exact) mass is 186 g/mol. The topological polar surface area (TPSA) is 28.7 Å². The van der Waals surface area contributed by atoms with Gasteiger partial charge in [-0.3, -0.25) is 0 Å². The van der Waals surface area contributed by atoms with Gasteiger partial charge in [0.1, 0.15) is 5.82 Å². The summed E-state index contributed by atoms with van der Waals surface area (Å²) < 4.78 is 0. The highest BCUT2D eigenvalue weighted by molar-refractivity contribution is 5.55. The van der Waals surface area contributed by atoms with Crippen molar-refractivity contribution in [1.29, 1.82) is 0 Å². The van der Waals surface area contributed by atoms with Gasteiger partial charge in [0.25, 0.3) is 0 Å². The molecule has 0 fully saturated rings. The summed E-state index contributed by atoms with van der Waals surface area (Å²) in [6.45, 7) is 4.20. The summed E-state index contributed by atoms with van der Waals surface area (Å²) in [7, 11) is 0. The van der Waals surface area contributed by atoms with E-state index >= 15 is 0 Å². The number of benzene rings is 1. The Morgan fingerprint density at radius 3 is 2.50 bits per heavy atom. The van der Waals surface area contributed by atoms with Crippen LogP contribution in [0.25, 0.3) is 11.4 Å². The molecule has 0 unspecified atom stereocenters. The lowest BCUT2D eigenvalue weighted by Gasteiger charge is -1.97. The van der Waals surface area contributed by atoms with Gasteiger partial charge in [-0.25, -0.2) is 4.98 Å². The summed E-state index contributed by atoms with van der Waals surface area (Å²) in [6.07, 6.45) is 2.90. The summed E-state index contributed by atoms with van der Waals surface area (Å²) in [5, 5.41) is 0. The van der Waals surface area contributed by atoms with Crippen molar-refractivity contribution >= 4 is 0 Å². The van der Waals surface area contributed by atoms with Gasteiger partial charge in [0.05, 0.1) is 0 Å². The van der Waals surface area contributed by atoms with Crippen LogP contribution in [0.4, 0.5) is 0 Å². The van der Waals surface area contributed by atoms with Crippen LogP contribution < -0.4 is 0 Å². The maximum Gasteiger partial charge on any atom is 0.137 e. The first kappa shape index (κ1) is 9.00. The number of nitrogens with one attached hydrogen (secondary N) is 1. The van der Waals surface area contributed by atoms with E-state index in [1.165, 1.54) is 11.3 Å². The number of imidazole rings is 1. The highest BCUT2D eigenvalue weighted by Gasteiger charge is 2.01. The maximum atomic E-state index is 4.33. The van der Waals surface area contributed by atoms with E-state index in [9.17, 15) is 0 Å². The minimum atomic E-state index is 0.960. The quantitative estimate of drug-likeness (QED) is 0.767. The van der Waals surface area contributed by atoms with Crippen molar-refractivity contribution in [3.8, 4) is 11.4 Å². The number of hydrogen-bond donors (Lipinski definition) is 1. The van der Waals surface area contributed by atoms with Crippen LogP contribution in [0.5, 0.6) is 0 Å². The Morgan fingerprint density at radius 1 is 1.21 bits per heavy atom. The van der Waals surface area contributed by atoms with Crippen LogP contribution in [-0.2, 0) is 6.42 Å². The van der Waals surface area contributed by atoms with E-state index in [1.807, 2.05) is 6.20 Å². The summed E-state index contributed by atoms with van der Waals surface area (Å²) in [6, 6.07) is 8.38. The molecule has 2 aromatic rings. The van der Waals surface area contributed by atoms with Crippen LogP contribution >= 0.6 is 0 Å². The Bertz CT molecular complexity index is 412. The SMILES string of the molecule is CCc1cnc(-c2ccc(C)cc2)[nH]1. The van der Waals surface area contributed by atoms with E-state index < -0.39 is 0 Å². The van der Waals surface area contributed by atoms with Gasteiger partial charge >= 0.3 is 0 Å².